The van der Waals surface area contributed by atoms with Crippen LogP contribution in [0.15, 0.2) is 18.3 Å². The number of nitrogens with zero attached hydrogens (tertiary/aromatic N) is 3. The van der Waals surface area contributed by atoms with Crippen molar-refractivity contribution in [3.8, 4) is 0 Å². The molecule has 0 saturated carbocycles. The minimum atomic E-state index is -0.187. The van der Waals surface area contributed by atoms with Gasteiger partial charge >= 0.3 is 0 Å². The monoisotopic (exact) mass is 276 g/mol. The molecule has 20 heavy (non-hydrogen) atoms. The van der Waals surface area contributed by atoms with Crippen LogP contribution in [0, 0.1) is 0 Å². The number of amides is 2. The molecule has 0 aliphatic carbocycles. The molecule has 6 heteroatoms. The Morgan fingerprint density at radius 3 is 2.80 bits per heavy atom. The first-order valence-electron chi connectivity index (χ1n) is 6.85. The lowest BCUT2D eigenvalue weighted by Crippen LogP contribution is -2.50. The summed E-state index contributed by atoms with van der Waals surface area (Å²) in [5.74, 6) is -0.223. The molecule has 0 spiro atoms. The Hall–Kier alpha value is -2.11. The average molecular weight is 276 g/mol. The highest BCUT2D eigenvalue weighted by molar-refractivity contribution is 5.95. The fourth-order valence-electron chi connectivity index (χ4n) is 1.99. The van der Waals surface area contributed by atoms with E-state index in [0.29, 0.717) is 18.8 Å². The third kappa shape index (κ3) is 3.26. The Balaban J connectivity index is 2.00. The summed E-state index contributed by atoms with van der Waals surface area (Å²) in [5, 5.41) is 3.20. The van der Waals surface area contributed by atoms with Crippen molar-refractivity contribution >= 4 is 17.5 Å². The van der Waals surface area contributed by atoms with Crippen molar-refractivity contribution in [2.45, 2.75) is 13.3 Å². The number of carbonyl (C=O) groups is 2. The van der Waals surface area contributed by atoms with Crippen molar-refractivity contribution in [1.29, 1.82) is 0 Å². The fourth-order valence-corrected chi connectivity index (χ4v) is 1.99. The first kappa shape index (κ1) is 14.3. The van der Waals surface area contributed by atoms with E-state index in [4.69, 9.17) is 0 Å². The highest BCUT2D eigenvalue weighted by Gasteiger charge is 2.26. The van der Waals surface area contributed by atoms with Crippen LogP contribution in [0.4, 0.5) is 5.69 Å². The van der Waals surface area contributed by atoms with Gasteiger partial charge in [0.25, 0.3) is 5.91 Å². The molecule has 0 radical (unpaired) electrons. The zero-order valence-corrected chi connectivity index (χ0v) is 11.9. The quantitative estimate of drug-likeness (QED) is 0.884. The van der Waals surface area contributed by atoms with E-state index in [1.165, 1.54) is 0 Å². The second-order valence-electron chi connectivity index (χ2n) is 4.90. The predicted octanol–water partition coefficient (Wildman–Crippen LogP) is 0.818. The van der Waals surface area contributed by atoms with Gasteiger partial charge in [-0.15, -0.1) is 0 Å². The molecule has 0 unspecified atom stereocenters. The third-order valence-electron chi connectivity index (χ3n) is 3.31. The molecular formula is C14H20N4O2. The molecule has 0 aromatic carbocycles. The highest BCUT2D eigenvalue weighted by Crippen LogP contribution is 2.10. The molecular weight excluding hydrogens is 256 g/mol. The van der Waals surface area contributed by atoms with E-state index >= 15 is 0 Å². The molecule has 1 saturated heterocycles. The van der Waals surface area contributed by atoms with Crippen molar-refractivity contribution in [3.63, 3.8) is 0 Å². The summed E-state index contributed by atoms with van der Waals surface area (Å²) in [5.41, 5.74) is 1.28. The number of hydrogen-bond acceptors (Lipinski definition) is 4. The number of carbonyl (C=O) groups excluding carboxylic acids is 2. The Morgan fingerprint density at radius 1 is 1.40 bits per heavy atom. The Morgan fingerprint density at radius 2 is 2.20 bits per heavy atom. The van der Waals surface area contributed by atoms with Gasteiger partial charge in [0.15, 0.2) is 0 Å². The number of aromatic nitrogens is 1. The molecule has 108 valence electrons. The van der Waals surface area contributed by atoms with Gasteiger partial charge in [0.1, 0.15) is 12.2 Å². The van der Waals surface area contributed by atoms with Gasteiger partial charge in [0.2, 0.25) is 5.91 Å². The molecule has 1 N–H and O–H groups in total. The molecule has 6 nitrogen and oxygen atoms in total. The topological polar surface area (TPSA) is 65.5 Å². The van der Waals surface area contributed by atoms with Crippen molar-refractivity contribution in [3.05, 3.63) is 24.0 Å². The van der Waals surface area contributed by atoms with Crippen molar-refractivity contribution < 1.29 is 9.59 Å². The molecule has 0 atom stereocenters. The second-order valence-corrected chi connectivity index (χ2v) is 4.90. The number of anilines is 1. The maximum Gasteiger partial charge on any atom is 0.272 e. The van der Waals surface area contributed by atoms with Crippen LogP contribution in [0.5, 0.6) is 0 Å². The Kier molecular flexibility index (Phi) is 4.55. The second kappa shape index (κ2) is 6.36. The van der Waals surface area contributed by atoms with Crippen molar-refractivity contribution in [2.75, 3.05) is 38.5 Å². The lowest BCUT2D eigenvalue weighted by Gasteiger charge is -2.31. The minimum absolute atomic E-state index is 0.0363. The number of hydrogen-bond donors (Lipinski definition) is 1. The van der Waals surface area contributed by atoms with Crippen LogP contribution in [0.2, 0.25) is 0 Å². The van der Waals surface area contributed by atoms with E-state index in [1.54, 1.807) is 29.1 Å². The van der Waals surface area contributed by atoms with Gasteiger partial charge < -0.3 is 15.1 Å². The van der Waals surface area contributed by atoms with Crippen LogP contribution in [0.1, 0.15) is 23.8 Å². The number of rotatable bonds is 4. The van der Waals surface area contributed by atoms with Gasteiger partial charge in [-0.2, -0.15) is 0 Å². The maximum absolute atomic E-state index is 12.2. The van der Waals surface area contributed by atoms with Crippen LogP contribution in [-0.4, -0.2) is 59.8 Å². The van der Waals surface area contributed by atoms with Crippen LogP contribution in [-0.2, 0) is 4.79 Å². The maximum atomic E-state index is 12.2. The summed E-state index contributed by atoms with van der Waals surface area (Å²) >= 11 is 0. The van der Waals surface area contributed by atoms with Gasteiger partial charge in [-0.05, 0) is 18.6 Å². The van der Waals surface area contributed by atoms with Gasteiger partial charge in [0, 0.05) is 26.7 Å². The van der Waals surface area contributed by atoms with E-state index in [9.17, 15) is 9.59 Å². The van der Waals surface area contributed by atoms with Gasteiger partial charge in [-0.3, -0.25) is 9.59 Å². The van der Waals surface area contributed by atoms with Gasteiger partial charge in [0.05, 0.1) is 11.9 Å². The molecule has 2 rings (SSSR count). The van der Waals surface area contributed by atoms with E-state index in [2.05, 4.69) is 17.2 Å². The van der Waals surface area contributed by atoms with Crippen molar-refractivity contribution in [1.82, 2.24) is 14.8 Å². The van der Waals surface area contributed by atoms with Crippen LogP contribution >= 0.6 is 0 Å². The number of pyridine rings is 1. The van der Waals surface area contributed by atoms with Crippen molar-refractivity contribution in [2.24, 2.45) is 0 Å². The molecule has 1 aliphatic rings. The zero-order valence-electron chi connectivity index (χ0n) is 11.9. The largest absolute Gasteiger partial charge is 0.384 e. The lowest BCUT2D eigenvalue weighted by atomic mass is 10.2. The van der Waals surface area contributed by atoms with E-state index in [-0.39, 0.29) is 18.4 Å². The first-order chi connectivity index (χ1) is 9.61. The first-order valence-corrected chi connectivity index (χ1v) is 6.85. The number of likely N-dealkylation sites (N-methyl/N-ethyl adjacent to an activating group) is 1. The smallest absolute Gasteiger partial charge is 0.272 e. The lowest BCUT2D eigenvalue weighted by molar-refractivity contribution is -0.133. The summed E-state index contributed by atoms with van der Waals surface area (Å²) in [7, 11) is 1.75. The number of piperazine rings is 1. The zero-order chi connectivity index (χ0) is 14.5. The van der Waals surface area contributed by atoms with E-state index in [1.807, 2.05) is 6.07 Å². The molecule has 2 amide bonds. The highest BCUT2D eigenvalue weighted by atomic mass is 16.2. The fraction of sp³-hybridized carbons (Fsp3) is 0.500. The summed E-state index contributed by atoms with van der Waals surface area (Å²) in [4.78, 5) is 31.2. The molecule has 1 aromatic rings. The third-order valence-corrected chi connectivity index (χ3v) is 3.31. The molecule has 1 fully saturated rings. The molecule has 2 heterocycles. The van der Waals surface area contributed by atoms with Gasteiger partial charge in [-0.1, -0.05) is 6.92 Å². The summed E-state index contributed by atoms with van der Waals surface area (Å²) in [6.07, 6.45) is 2.69. The minimum Gasteiger partial charge on any atom is -0.384 e. The van der Waals surface area contributed by atoms with E-state index < -0.39 is 0 Å². The molecule has 1 aliphatic heterocycles. The summed E-state index contributed by atoms with van der Waals surface area (Å²) < 4.78 is 0. The van der Waals surface area contributed by atoms with Crippen LogP contribution < -0.4 is 5.32 Å². The Labute approximate surface area is 118 Å². The summed E-state index contributed by atoms with van der Waals surface area (Å²) in [6.45, 7) is 4.22. The SMILES string of the molecule is CCCNc1ccc(C(=O)N2CCN(C)C(=O)C2)nc1. The molecule has 0 bridgehead atoms. The average Bonchev–Trinajstić information content (AvgIpc) is 2.48. The van der Waals surface area contributed by atoms with Gasteiger partial charge in [-0.25, -0.2) is 4.98 Å². The standard InChI is InChI=1S/C14H20N4O2/c1-3-6-15-11-4-5-12(16-9-11)14(20)18-8-7-17(2)13(19)10-18/h4-5,9,15H,3,6-8,10H2,1-2H3. The number of nitrogens with one attached hydrogen (secondary N) is 1. The van der Waals surface area contributed by atoms with Crippen LogP contribution in [0.3, 0.4) is 0 Å². The normalized spacial score (nSPS) is 15.4. The van der Waals surface area contributed by atoms with Crippen LogP contribution in [0.25, 0.3) is 0 Å². The van der Waals surface area contributed by atoms with E-state index in [0.717, 1.165) is 18.7 Å². The Bertz CT molecular complexity index is 486. The summed E-state index contributed by atoms with van der Waals surface area (Å²) in [6, 6.07) is 3.54. The molecule has 1 aromatic heterocycles. The predicted molar refractivity (Wildman–Crippen MR) is 76.6 cm³/mol.